The predicted molar refractivity (Wildman–Crippen MR) is 76.1 cm³/mol. The summed E-state index contributed by atoms with van der Waals surface area (Å²) in [6, 6.07) is 9.12. The Kier molecular flexibility index (Phi) is 3.83. The number of benzene rings is 1. The molecule has 3 rings (SSSR count). The maximum atomic E-state index is 12.0. The van der Waals surface area contributed by atoms with Crippen molar-refractivity contribution in [2.45, 2.75) is 38.1 Å². The first-order chi connectivity index (χ1) is 9.33. The zero-order valence-corrected chi connectivity index (χ0v) is 11.4. The van der Waals surface area contributed by atoms with E-state index in [1.165, 1.54) is 24.0 Å². The summed E-state index contributed by atoms with van der Waals surface area (Å²) in [4.78, 5) is 14.0. The highest BCUT2D eigenvalue weighted by molar-refractivity contribution is 5.78. The van der Waals surface area contributed by atoms with E-state index < -0.39 is 0 Å². The lowest BCUT2D eigenvalue weighted by atomic mass is 9.88. The SMILES string of the molecule is O=C(CNC1CCc2ccccc2C1)N1CCCC1. The number of nitrogens with one attached hydrogen (secondary N) is 1. The van der Waals surface area contributed by atoms with Gasteiger partial charge < -0.3 is 10.2 Å². The molecule has 1 atom stereocenters. The van der Waals surface area contributed by atoms with Crippen LogP contribution in [-0.4, -0.2) is 36.5 Å². The van der Waals surface area contributed by atoms with Crippen LogP contribution in [0, 0.1) is 0 Å². The molecule has 0 saturated carbocycles. The van der Waals surface area contributed by atoms with Gasteiger partial charge in [0.1, 0.15) is 0 Å². The Balaban J connectivity index is 1.50. The van der Waals surface area contributed by atoms with Gasteiger partial charge in [0, 0.05) is 19.1 Å². The second-order valence-corrected chi connectivity index (χ2v) is 5.68. The maximum Gasteiger partial charge on any atom is 0.236 e. The van der Waals surface area contributed by atoms with Gasteiger partial charge in [-0.1, -0.05) is 24.3 Å². The normalized spacial score (nSPS) is 22.3. The minimum atomic E-state index is 0.274. The monoisotopic (exact) mass is 258 g/mol. The Morgan fingerprint density at radius 2 is 1.95 bits per heavy atom. The Labute approximate surface area is 115 Å². The Morgan fingerprint density at radius 1 is 1.21 bits per heavy atom. The summed E-state index contributed by atoms with van der Waals surface area (Å²) in [7, 11) is 0. The Morgan fingerprint density at radius 3 is 2.74 bits per heavy atom. The molecule has 1 aliphatic carbocycles. The number of amides is 1. The molecule has 0 aromatic heterocycles. The van der Waals surface area contributed by atoms with E-state index in [0.29, 0.717) is 12.6 Å². The molecule has 1 fully saturated rings. The third kappa shape index (κ3) is 2.98. The fourth-order valence-electron chi connectivity index (χ4n) is 3.18. The maximum absolute atomic E-state index is 12.0. The standard InChI is InChI=1S/C16H22N2O/c19-16(18-9-3-4-10-18)12-17-15-8-7-13-5-1-2-6-14(13)11-15/h1-2,5-6,15,17H,3-4,7-12H2. The molecule has 0 spiro atoms. The molecule has 1 aliphatic heterocycles. The fourth-order valence-corrected chi connectivity index (χ4v) is 3.18. The van der Waals surface area contributed by atoms with E-state index in [1.54, 1.807) is 0 Å². The number of carbonyl (C=O) groups excluding carboxylic acids is 1. The highest BCUT2D eigenvalue weighted by Gasteiger charge is 2.21. The quantitative estimate of drug-likeness (QED) is 0.896. The number of hydrogen-bond donors (Lipinski definition) is 1. The molecule has 1 N–H and O–H groups in total. The van der Waals surface area contributed by atoms with Crippen molar-refractivity contribution in [2.24, 2.45) is 0 Å². The van der Waals surface area contributed by atoms with Crippen LogP contribution in [0.15, 0.2) is 24.3 Å². The molecule has 1 aromatic rings. The van der Waals surface area contributed by atoms with Crippen LogP contribution < -0.4 is 5.32 Å². The molecular weight excluding hydrogens is 236 g/mol. The lowest BCUT2D eigenvalue weighted by Gasteiger charge is -2.26. The van der Waals surface area contributed by atoms with Crippen molar-refractivity contribution >= 4 is 5.91 Å². The van der Waals surface area contributed by atoms with Crippen LogP contribution in [0.1, 0.15) is 30.4 Å². The molecule has 1 heterocycles. The number of aryl methyl sites for hydroxylation is 1. The summed E-state index contributed by atoms with van der Waals surface area (Å²) in [5.74, 6) is 0.274. The zero-order chi connectivity index (χ0) is 13.1. The number of fused-ring (bicyclic) bond motifs is 1. The van der Waals surface area contributed by atoms with Gasteiger partial charge in [0.05, 0.1) is 6.54 Å². The molecule has 1 saturated heterocycles. The summed E-state index contributed by atoms with van der Waals surface area (Å²) in [6.45, 7) is 2.41. The van der Waals surface area contributed by atoms with Gasteiger partial charge in [-0.2, -0.15) is 0 Å². The van der Waals surface area contributed by atoms with Gasteiger partial charge in [0.25, 0.3) is 0 Å². The average molecular weight is 258 g/mol. The molecule has 1 unspecified atom stereocenters. The first-order valence-corrected chi connectivity index (χ1v) is 7.41. The molecule has 1 amide bonds. The third-order valence-electron chi connectivity index (χ3n) is 4.35. The van der Waals surface area contributed by atoms with E-state index >= 15 is 0 Å². The molecule has 0 radical (unpaired) electrons. The van der Waals surface area contributed by atoms with E-state index in [9.17, 15) is 4.79 Å². The topological polar surface area (TPSA) is 32.3 Å². The van der Waals surface area contributed by atoms with Gasteiger partial charge in [-0.25, -0.2) is 0 Å². The lowest BCUT2D eigenvalue weighted by Crippen LogP contribution is -2.42. The smallest absolute Gasteiger partial charge is 0.236 e. The number of carbonyl (C=O) groups is 1. The Bertz CT molecular complexity index is 452. The van der Waals surface area contributed by atoms with Gasteiger partial charge in [0.15, 0.2) is 0 Å². The van der Waals surface area contributed by atoms with E-state index in [0.717, 1.165) is 32.4 Å². The molecule has 102 valence electrons. The minimum Gasteiger partial charge on any atom is -0.342 e. The largest absolute Gasteiger partial charge is 0.342 e. The molecular formula is C16H22N2O. The zero-order valence-electron chi connectivity index (χ0n) is 11.4. The summed E-state index contributed by atoms with van der Waals surface area (Å²) in [5.41, 5.74) is 2.92. The van der Waals surface area contributed by atoms with Gasteiger partial charge in [0.2, 0.25) is 5.91 Å². The van der Waals surface area contributed by atoms with Crippen LogP contribution in [0.3, 0.4) is 0 Å². The number of nitrogens with zero attached hydrogens (tertiary/aromatic N) is 1. The van der Waals surface area contributed by atoms with Crippen molar-refractivity contribution in [2.75, 3.05) is 19.6 Å². The molecule has 0 bridgehead atoms. The third-order valence-corrected chi connectivity index (χ3v) is 4.35. The highest BCUT2D eigenvalue weighted by atomic mass is 16.2. The van der Waals surface area contributed by atoms with Crippen molar-refractivity contribution in [3.05, 3.63) is 35.4 Å². The van der Waals surface area contributed by atoms with Crippen molar-refractivity contribution < 1.29 is 4.79 Å². The molecule has 1 aromatic carbocycles. The fraction of sp³-hybridized carbons (Fsp3) is 0.562. The first-order valence-electron chi connectivity index (χ1n) is 7.41. The van der Waals surface area contributed by atoms with Gasteiger partial charge in [-0.05, 0) is 43.2 Å². The summed E-state index contributed by atoms with van der Waals surface area (Å²) in [6.07, 6.45) is 5.67. The number of rotatable bonds is 3. The molecule has 19 heavy (non-hydrogen) atoms. The van der Waals surface area contributed by atoms with E-state index in [-0.39, 0.29) is 5.91 Å². The van der Waals surface area contributed by atoms with Crippen molar-refractivity contribution in [3.63, 3.8) is 0 Å². The number of likely N-dealkylation sites (tertiary alicyclic amines) is 1. The second-order valence-electron chi connectivity index (χ2n) is 5.68. The van der Waals surface area contributed by atoms with E-state index in [2.05, 4.69) is 29.6 Å². The second kappa shape index (κ2) is 5.74. The van der Waals surface area contributed by atoms with E-state index in [1.807, 2.05) is 4.90 Å². The van der Waals surface area contributed by atoms with Gasteiger partial charge in [-0.3, -0.25) is 4.79 Å². The highest BCUT2D eigenvalue weighted by Crippen LogP contribution is 2.20. The summed E-state index contributed by atoms with van der Waals surface area (Å²) >= 11 is 0. The van der Waals surface area contributed by atoms with Gasteiger partial charge >= 0.3 is 0 Å². The van der Waals surface area contributed by atoms with Crippen molar-refractivity contribution in [1.82, 2.24) is 10.2 Å². The van der Waals surface area contributed by atoms with Crippen LogP contribution in [0.2, 0.25) is 0 Å². The van der Waals surface area contributed by atoms with Crippen LogP contribution in [-0.2, 0) is 17.6 Å². The molecule has 3 nitrogen and oxygen atoms in total. The number of hydrogen-bond acceptors (Lipinski definition) is 2. The summed E-state index contributed by atoms with van der Waals surface area (Å²) < 4.78 is 0. The lowest BCUT2D eigenvalue weighted by molar-refractivity contribution is -0.129. The summed E-state index contributed by atoms with van der Waals surface area (Å²) in [5, 5.41) is 3.45. The van der Waals surface area contributed by atoms with Gasteiger partial charge in [-0.15, -0.1) is 0 Å². The van der Waals surface area contributed by atoms with Crippen LogP contribution in [0.25, 0.3) is 0 Å². The first kappa shape index (κ1) is 12.7. The Hall–Kier alpha value is -1.35. The van der Waals surface area contributed by atoms with Crippen LogP contribution in [0.5, 0.6) is 0 Å². The van der Waals surface area contributed by atoms with E-state index in [4.69, 9.17) is 0 Å². The van der Waals surface area contributed by atoms with Crippen LogP contribution >= 0.6 is 0 Å². The van der Waals surface area contributed by atoms with Crippen molar-refractivity contribution in [1.29, 1.82) is 0 Å². The van der Waals surface area contributed by atoms with Crippen molar-refractivity contribution in [3.8, 4) is 0 Å². The molecule has 2 aliphatic rings. The van der Waals surface area contributed by atoms with Crippen LogP contribution in [0.4, 0.5) is 0 Å². The predicted octanol–water partition coefficient (Wildman–Crippen LogP) is 1.76. The minimum absolute atomic E-state index is 0.274. The molecule has 3 heteroatoms. The average Bonchev–Trinajstić information content (AvgIpc) is 2.99.